The van der Waals surface area contributed by atoms with Crippen LogP contribution in [-0.4, -0.2) is 16.9 Å². The van der Waals surface area contributed by atoms with Crippen LogP contribution in [0.3, 0.4) is 0 Å². The zero-order chi connectivity index (χ0) is 14.4. The first kappa shape index (κ1) is 13.5. The number of imide groups is 1. The van der Waals surface area contributed by atoms with Gasteiger partial charge in [0.1, 0.15) is 0 Å². The van der Waals surface area contributed by atoms with E-state index in [0.29, 0.717) is 0 Å². The minimum atomic E-state index is -0.851. The minimum absolute atomic E-state index is 0.0101. The largest absolute Gasteiger partial charge is 0.505 e. The van der Waals surface area contributed by atoms with Gasteiger partial charge in [0.15, 0.2) is 11.6 Å². The monoisotopic (exact) mass is 265 g/mol. The summed E-state index contributed by atoms with van der Waals surface area (Å²) in [5.74, 6) is -2.01. The molecule has 1 heterocycles. The highest BCUT2D eigenvalue weighted by Gasteiger charge is 2.50. The molecule has 1 aliphatic rings. The zero-order valence-electron chi connectivity index (χ0n) is 11.1. The molecule has 102 valence electrons. The van der Waals surface area contributed by atoms with Gasteiger partial charge in [-0.2, -0.15) is 0 Å². The molecule has 0 aliphatic carbocycles. The number of carbonyl (C=O) groups is 2. The summed E-state index contributed by atoms with van der Waals surface area (Å²) in [7, 11) is 0. The van der Waals surface area contributed by atoms with E-state index < -0.39 is 17.0 Å². The van der Waals surface area contributed by atoms with Crippen LogP contribution in [0.15, 0.2) is 18.2 Å². The molecule has 1 atom stereocenters. The number of benzene rings is 1. The van der Waals surface area contributed by atoms with Crippen LogP contribution in [0, 0.1) is 17.2 Å². The van der Waals surface area contributed by atoms with Crippen molar-refractivity contribution >= 4 is 17.5 Å². The lowest BCUT2D eigenvalue weighted by Gasteiger charge is -2.26. The predicted octanol–water partition coefficient (Wildman–Crippen LogP) is 2.46. The van der Waals surface area contributed by atoms with Crippen LogP contribution in [-0.2, 0) is 9.59 Å². The number of phenols is 1. The number of amides is 2. The number of aromatic hydroxyl groups is 1. The van der Waals surface area contributed by atoms with Gasteiger partial charge in [0.25, 0.3) is 0 Å². The van der Waals surface area contributed by atoms with E-state index >= 15 is 0 Å². The maximum atomic E-state index is 13.3. The Kier molecular flexibility index (Phi) is 3.08. The molecule has 1 aromatic rings. The minimum Gasteiger partial charge on any atom is -0.505 e. The third-order valence-corrected chi connectivity index (χ3v) is 3.92. The number of nitrogens with zero attached hydrogens (tertiary/aromatic N) is 1. The first-order chi connectivity index (χ1) is 8.77. The van der Waals surface area contributed by atoms with Crippen molar-refractivity contribution < 1.29 is 19.1 Å². The molecule has 2 amide bonds. The van der Waals surface area contributed by atoms with Crippen LogP contribution in [0.1, 0.15) is 27.2 Å². The fraction of sp³-hybridized carbons (Fsp3) is 0.429. The summed E-state index contributed by atoms with van der Waals surface area (Å²) in [6.45, 7) is 5.51. The van der Waals surface area contributed by atoms with Crippen molar-refractivity contribution in [1.82, 2.24) is 0 Å². The predicted molar refractivity (Wildman–Crippen MR) is 68.1 cm³/mol. The van der Waals surface area contributed by atoms with Gasteiger partial charge in [0, 0.05) is 12.5 Å². The fourth-order valence-corrected chi connectivity index (χ4v) is 2.18. The third kappa shape index (κ3) is 1.99. The lowest BCUT2D eigenvalue weighted by atomic mass is 9.78. The van der Waals surface area contributed by atoms with Crippen molar-refractivity contribution in [3.63, 3.8) is 0 Å². The second-order valence-electron chi connectivity index (χ2n) is 5.42. The second-order valence-corrected chi connectivity index (χ2v) is 5.42. The molecule has 0 spiro atoms. The summed E-state index contributed by atoms with van der Waals surface area (Å²) in [4.78, 5) is 25.4. The summed E-state index contributed by atoms with van der Waals surface area (Å²) in [6.07, 6.45) is 0.117. The van der Waals surface area contributed by atoms with Crippen molar-refractivity contribution in [3.8, 4) is 5.75 Å². The number of rotatable bonds is 2. The smallest absolute Gasteiger partial charge is 0.240 e. The fourth-order valence-electron chi connectivity index (χ4n) is 2.18. The molecule has 0 aromatic heterocycles. The van der Waals surface area contributed by atoms with E-state index in [4.69, 9.17) is 5.11 Å². The summed E-state index contributed by atoms with van der Waals surface area (Å²) < 4.78 is 13.3. The van der Waals surface area contributed by atoms with Crippen molar-refractivity contribution in [1.29, 1.82) is 0 Å². The number of phenolic OH excluding ortho intramolecular Hbond substituents is 1. The molecule has 19 heavy (non-hydrogen) atoms. The molecule has 1 fully saturated rings. The van der Waals surface area contributed by atoms with Gasteiger partial charge in [-0.05, 0) is 25.0 Å². The summed E-state index contributed by atoms with van der Waals surface area (Å²) in [6, 6.07) is 3.49. The van der Waals surface area contributed by atoms with Gasteiger partial charge in [-0.15, -0.1) is 0 Å². The first-order valence-electron chi connectivity index (χ1n) is 6.13. The van der Waals surface area contributed by atoms with Crippen molar-refractivity contribution in [2.75, 3.05) is 4.90 Å². The summed E-state index contributed by atoms with van der Waals surface area (Å²) in [5.41, 5.74) is -0.597. The maximum absolute atomic E-state index is 13.3. The van der Waals surface area contributed by atoms with Crippen LogP contribution in [0.5, 0.6) is 5.75 Å². The molecule has 0 bridgehead atoms. The van der Waals surface area contributed by atoms with Gasteiger partial charge >= 0.3 is 0 Å². The lowest BCUT2D eigenvalue weighted by molar-refractivity contribution is -0.126. The summed E-state index contributed by atoms with van der Waals surface area (Å²) >= 11 is 0. The molecule has 1 N–H and O–H groups in total. The topological polar surface area (TPSA) is 57.6 Å². The highest BCUT2D eigenvalue weighted by atomic mass is 19.1. The van der Waals surface area contributed by atoms with Crippen molar-refractivity contribution in [2.24, 2.45) is 11.3 Å². The molecule has 0 saturated carbocycles. The molecule has 2 rings (SSSR count). The van der Waals surface area contributed by atoms with E-state index in [-0.39, 0.29) is 29.8 Å². The van der Waals surface area contributed by atoms with E-state index in [1.165, 1.54) is 6.07 Å². The number of hydrogen-bond donors (Lipinski definition) is 1. The SMILES string of the molecule is CC(C)C1(C)CC(=O)N(c2ccc(O)c(F)c2)C1=O. The number of carbonyl (C=O) groups excluding carboxylic acids is 2. The number of hydrogen-bond acceptors (Lipinski definition) is 3. The molecule has 1 aromatic carbocycles. The zero-order valence-corrected chi connectivity index (χ0v) is 11.1. The molecular formula is C14H16FNO3. The Bertz CT molecular complexity index is 556. The Hall–Kier alpha value is -1.91. The van der Waals surface area contributed by atoms with Crippen LogP contribution in [0.25, 0.3) is 0 Å². The van der Waals surface area contributed by atoms with Crippen LogP contribution in [0.2, 0.25) is 0 Å². The van der Waals surface area contributed by atoms with Crippen LogP contribution in [0.4, 0.5) is 10.1 Å². The Balaban J connectivity index is 2.43. The van der Waals surface area contributed by atoms with Gasteiger partial charge in [0.2, 0.25) is 11.8 Å². The molecule has 1 unspecified atom stereocenters. The second kappa shape index (κ2) is 4.33. The van der Waals surface area contributed by atoms with Gasteiger partial charge in [-0.1, -0.05) is 13.8 Å². The van der Waals surface area contributed by atoms with Crippen molar-refractivity contribution in [3.05, 3.63) is 24.0 Å². The molecule has 4 nitrogen and oxygen atoms in total. The lowest BCUT2D eigenvalue weighted by Crippen LogP contribution is -2.36. The Morgan fingerprint density at radius 1 is 1.37 bits per heavy atom. The van der Waals surface area contributed by atoms with Crippen molar-refractivity contribution in [2.45, 2.75) is 27.2 Å². The molecule has 0 radical (unpaired) electrons. The molecular weight excluding hydrogens is 249 g/mol. The van der Waals surface area contributed by atoms with E-state index in [1.54, 1.807) is 6.92 Å². The van der Waals surface area contributed by atoms with E-state index in [9.17, 15) is 14.0 Å². The van der Waals surface area contributed by atoms with Crippen LogP contribution < -0.4 is 4.90 Å². The standard InChI is InChI=1S/C14H16FNO3/c1-8(2)14(3)7-12(18)16(13(14)19)9-4-5-11(17)10(15)6-9/h4-6,8,17H,7H2,1-3H3. The summed E-state index contributed by atoms with van der Waals surface area (Å²) in [5, 5.41) is 9.15. The average Bonchev–Trinajstić information content (AvgIpc) is 2.55. The Morgan fingerprint density at radius 2 is 2.00 bits per heavy atom. The number of anilines is 1. The first-order valence-corrected chi connectivity index (χ1v) is 6.13. The molecule has 5 heteroatoms. The number of halogens is 1. The highest BCUT2D eigenvalue weighted by Crippen LogP contribution is 2.41. The quantitative estimate of drug-likeness (QED) is 0.836. The molecule has 1 saturated heterocycles. The average molecular weight is 265 g/mol. The molecule has 1 aliphatic heterocycles. The maximum Gasteiger partial charge on any atom is 0.240 e. The van der Waals surface area contributed by atoms with E-state index in [0.717, 1.165) is 17.0 Å². The third-order valence-electron chi connectivity index (χ3n) is 3.92. The van der Waals surface area contributed by atoms with Gasteiger partial charge < -0.3 is 5.11 Å². The van der Waals surface area contributed by atoms with E-state index in [2.05, 4.69) is 0 Å². The van der Waals surface area contributed by atoms with Gasteiger partial charge in [-0.3, -0.25) is 9.59 Å². The Morgan fingerprint density at radius 3 is 2.47 bits per heavy atom. The van der Waals surface area contributed by atoms with Gasteiger partial charge in [0.05, 0.1) is 11.1 Å². The highest BCUT2D eigenvalue weighted by molar-refractivity contribution is 6.22. The van der Waals surface area contributed by atoms with E-state index in [1.807, 2.05) is 13.8 Å². The van der Waals surface area contributed by atoms with Gasteiger partial charge in [-0.25, -0.2) is 9.29 Å². The van der Waals surface area contributed by atoms with Crippen LogP contribution >= 0.6 is 0 Å². The normalized spacial score (nSPS) is 23.5. The Labute approximate surface area is 110 Å².